The van der Waals surface area contributed by atoms with Gasteiger partial charge in [-0.1, -0.05) is 12.8 Å². The van der Waals surface area contributed by atoms with Crippen molar-refractivity contribution in [2.75, 3.05) is 13.1 Å². The Bertz CT molecular complexity index is 156. The minimum absolute atomic E-state index is 0.00247. The molecule has 1 fully saturated rings. The number of rotatable bonds is 5. The molecule has 0 heterocycles. The van der Waals surface area contributed by atoms with Crippen molar-refractivity contribution in [3.05, 3.63) is 0 Å². The first kappa shape index (κ1) is 10.5. The van der Waals surface area contributed by atoms with Crippen molar-refractivity contribution in [1.29, 1.82) is 0 Å². The van der Waals surface area contributed by atoms with E-state index in [1.54, 1.807) is 0 Å². The molecule has 1 saturated carbocycles. The lowest BCUT2D eigenvalue weighted by Crippen LogP contribution is -2.32. The quantitative estimate of drug-likeness (QED) is 0.488. The molecule has 4 nitrogen and oxygen atoms in total. The van der Waals surface area contributed by atoms with Crippen LogP contribution in [0.15, 0.2) is 0 Å². The predicted octanol–water partition coefficient (Wildman–Crippen LogP) is 0.586. The van der Waals surface area contributed by atoms with Crippen molar-refractivity contribution in [1.82, 2.24) is 10.8 Å². The lowest BCUT2D eigenvalue weighted by molar-refractivity contribution is -0.119. The summed E-state index contributed by atoms with van der Waals surface area (Å²) in [5.41, 5.74) is 2.87. The summed E-state index contributed by atoms with van der Waals surface area (Å²) in [4.78, 5) is 15.9. The van der Waals surface area contributed by atoms with Gasteiger partial charge in [-0.05, 0) is 12.8 Å². The Balaban J connectivity index is 1.86. The highest BCUT2D eigenvalue weighted by molar-refractivity contribution is 5.72. The summed E-state index contributed by atoms with van der Waals surface area (Å²) in [5, 5.41) is 2.69. The Kier molecular flexibility index (Phi) is 4.78. The van der Waals surface area contributed by atoms with Crippen LogP contribution in [-0.4, -0.2) is 25.1 Å². The lowest BCUT2D eigenvalue weighted by atomic mass is 10.3. The summed E-state index contributed by atoms with van der Waals surface area (Å²) in [5.74, 6) is 0.00247. The minimum atomic E-state index is 0.00247. The Morgan fingerprint density at radius 2 is 2.08 bits per heavy atom. The van der Waals surface area contributed by atoms with Crippen LogP contribution in [-0.2, 0) is 9.63 Å². The average Bonchev–Trinajstić information content (AvgIpc) is 2.55. The molecule has 0 bridgehead atoms. The third kappa shape index (κ3) is 4.85. The Morgan fingerprint density at radius 3 is 2.69 bits per heavy atom. The zero-order valence-electron chi connectivity index (χ0n) is 8.14. The first-order valence-corrected chi connectivity index (χ1v) is 4.92. The molecule has 2 N–H and O–H groups in total. The van der Waals surface area contributed by atoms with E-state index in [4.69, 9.17) is 4.84 Å². The van der Waals surface area contributed by atoms with Crippen LogP contribution in [0.3, 0.4) is 0 Å². The fraction of sp³-hybridized carbons (Fsp3) is 0.889. The molecule has 1 rings (SSSR count). The van der Waals surface area contributed by atoms with Gasteiger partial charge in [0.05, 0.1) is 6.10 Å². The maximum atomic E-state index is 10.5. The summed E-state index contributed by atoms with van der Waals surface area (Å²) in [6, 6.07) is 0. The lowest BCUT2D eigenvalue weighted by Gasteiger charge is -2.11. The number of hydrogen-bond donors (Lipinski definition) is 2. The molecule has 0 aromatic heterocycles. The predicted molar refractivity (Wildman–Crippen MR) is 50.0 cm³/mol. The van der Waals surface area contributed by atoms with Gasteiger partial charge in [0.25, 0.3) is 0 Å². The number of hydrogen-bond acceptors (Lipinski definition) is 3. The van der Waals surface area contributed by atoms with E-state index in [2.05, 4.69) is 10.8 Å². The van der Waals surface area contributed by atoms with Gasteiger partial charge in [-0.3, -0.25) is 9.63 Å². The molecule has 4 heteroatoms. The Labute approximate surface area is 79.0 Å². The molecule has 0 aromatic carbocycles. The fourth-order valence-electron chi connectivity index (χ4n) is 1.47. The van der Waals surface area contributed by atoms with E-state index >= 15 is 0 Å². The zero-order chi connectivity index (χ0) is 9.52. The molecular weight excluding hydrogens is 168 g/mol. The van der Waals surface area contributed by atoms with E-state index in [0.29, 0.717) is 19.2 Å². The maximum Gasteiger partial charge on any atom is 0.216 e. The molecule has 0 unspecified atom stereocenters. The van der Waals surface area contributed by atoms with Gasteiger partial charge in [0, 0.05) is 20.0 Å². The molecule has 13 heavy (non-hydrogen) atoms. The van der Waals surface area contributed by atoms with E-state index in [1.165, 1.54) is 19.8 Å². The van der Waals surface area contributed by atoms with Gasteiger partial charge in [-0.25, -0.2) is 5.48 Å². The summed E-state index contributed by atoms with van der Waals surface area (Å²) in [7, 11) is 0. The molecule has 1 aliphatic carbocycles. The van der Waals surface area contributed by atoms with Crippen molar-refractivity contribution in [3.63, 3.8) is 0 Å². The zero-order valence-corrected chi connectivity index (χ0v) is 8.14. The van der Waals surface area contributed by atoms with Crippen molar-refractivity contribution >= 4 is 5.91 Å². The van der Waals surface area contributed by atoms with Crippen molar-refractivity contribution in [3.8, 4) is 0 Å². The van der Waals surface area contributed by atoms with Crippen LogP contribution >= 0.6 is 0 Å². The van der Waals surface area contributed by atoms with Crippen LogP contribution in [0.1, 0.15) is 32.6 Å². The van der Waals surface area contributed by atoms with E-state index in [0.717, 1.165) is 12.8 Å². The van der Waals surface area contributed by atoms with Crippen LogP contribution < -0.4 is 10.8 Å². The third-order valence-electron chi connectivity index (χ3n) is 2.15. The average molecular weight is 186 g/mol. The molecule has 0 saturated heterocycles. The van der Waals surface area contributed by atoms with Crippen LogP contribution in [0.25, 0.3) is 0 Å². The highest BCUT2D eigenvalue weighted by atomic mass is 16.7. The third-order valence-corrected chi connectivity index (χ3v) is 2.15. The number of nitrogens with one attached hydrogen (secondary N) is 2. The van der Waals surface area contributed by atoms with E-state index in [1.807, 2.05) is 0 Å². The topological polar surface area (TPSA) is 50.4 Å². The van der Waals surface area contributed by atoms with E-state index < -0.39 is 0 Å². The molecule has 0 radical (unpaired) electrons. The van der Waals surface area contributed by atoms with Gasteiger partial charge in [-0.2, -0.15) is 0 Å². The van der Waals surface area contributed by atoms with Gasteiger partial charge in [0.15, 0.2) is 0 Å². The largest absolute Gasteiger partial charge is 0.355 e. The molecule has 0 aromatic rings. The van der Waals surface area contributed by atoms with Gasteiger partial charge in [0.1, 0.15) is 0 Å². The van der Waals surface area contributed by atoms with Crippen LogP contribution in [0.5, 0.6) is 0 Å². The molecule has 1 aliphatic rings. The Hall–Kier alpha value is -0.610. The highest BCUT2D eigenvalue weighted by Gasteiger charge is 2.14. The van der Waals surface area contributed by atoms with Gasteiger partial charge >= 0.3 is 0 Å². The maximum absolute atomic E-state index is 10.5. The first-order chi connectivity index (χ1) is 6.29. The molecule has 76 valence electrons. The standard InChI is InChI=1S/C9H18N2O2/c1-8(12)10-6-7-11-13-9-4-2-3-5-9/h9,11H,2-7H2,1H3,(H,10,12). The molecule has 0 spiro atoms. The summed E-state index contributed by atoms with van der Waals surface area (Å²) in [6.07, 6.45) is 5.26. The van der Waals surface area contributed by atoms with E-state index in [-0.39, 0.29) is 5.91 Å². The van der Waals surface area contributed by atoms with Crippen molar-refractivity contribution in [2.24, 2.45) is 0 Å². The fourth-order valence-corrected chi connectivity index (χ4v) is 1.47. The molecule has 1 amide bonds. The second-order valence-corrected chi connectivity index (χ2v) is 3.40. The van der Waals surface area contributed by atoms with E-state index in [9.17, 15) is 4.79 Å². The van der Waals surface area contributed by atoms with Gasteiger partial charge < -0.3 is 5.32 Å². The SMILES string of the molecule is CC(=O)NCCNOC1CCCC1. The highest BCUT2D eigenvalue weighted by Crippen LogP contribution is 2.19. The number of amides is 1. The summed E-state index contributed by atoms with van der Waals surface area (Å²) < 4.78 is 0. The Morgan fingerprint density at radius 1 is 1.38 bits per heavy atom. The first-order valence-electron chi connectivity index (χ1n) is 4.92. The molecule has 0 atom stereocenters. The van der Waals surface area contributed by atoms with Crippen LogP contribution in [0.2, 0.25) is 0 Å². The summed E-state index contributed by atoms with van der Waals surface area (Å²) in [6.45, 7) is 2.82. The van der Waals surface area contributed by atoms with Crippen LogP contribution in [0, 0.1) is 0 Å². The summed E-state index contributed by atoms with van der Waals surface area (Å²) >= 11 is 0. The second-order valence-electron chi connectivity index (χ2n) is 3.40. The number of hydroxylamine groups is 1. The van der Waals surface area contributed by atoms with Crippen molar-refractivity contribution in [2.45, 2.75) is 38.7 Å². The van der Waals surface area contributed by atoms with Gasteiger partial charge in [-0.15, -0.1) is 0 Å². The number of carbonyl (C=O) groups is 1. The van der Waals surface area contributed by atoms with Crippen LogP contribution in [0.4, 0.5) is 0 Å². The monoisotopic (exact) mass is 186 g/mol. The smallest absolute Gasteiger partial charge is 0.216 e. The number of carbonyl (C=O) groups excluding carboxylic acids is 1. The van der Waals surface area contributed by atoms with Gasteiger partial charge in [0.2, 0.25) is 5.91 Å². The minimum Gasteiger partial charge on any atom is -0.355 e. The second kappa shape index (κ2) is 5.94. The molecular formula is C9H18N2O2. The normalized spacial score (nSPS) is 17.6. The van der Waals surface area contributed by atoms with Crippen molar-refractivity contribution < 1.29 is 9.63 Å². The molecule has 0 aliphatic heterocycles.